The average Bonchev–Trinajstić information content (AvgIpc) is 3.51. The molecule has 0 spiro atoms. The Bertz CT molecular complexity index is 1330. The Balaban J connectivity index is 3.34. The Kier molecular flexibility index (Phi) is 73.3. The number of aliphatic hydroxyl groups excluding tert-OH is 2. The number of amides is 1. The highest BCUT2D eigenvalue weighted by molar-refractivity contribution is 5.76. The van der Waals surface area contributed by atoms with Crippen LogP contribution in [0.15, 0.2) is 24.3 Å². The third-order valence-corrected chi connectivity index (χ3v) is 18.5. The fourth-order valence-electron chi connectivity index (χ4n) is 12.6. The van der Waals surface area contributed by atoms with Crippen LogP contribution in [0.3, 0.4) is 0 Å². The third-order valence-electron chi connectivity index (χ3n) is 18.5. The second-order valence-electron chi connectivity index (χ2n) is 27.0. The normalized spacial score (nSPS) is 12.6. The molecular weight excluding hydrogens is 1040 g/mol. The van der Waals surface area contributed by atoms with Gasteiger partial charge in [0.05, 0.1) is 25.4 Å². The molecule has 0 saturated carbocycles. The summed E-state index contributed by atoms with van der Waals surface area (Å²) in [5, 5.41) is 23.5. The van der Waals surface area contributed by atoms with E-state index in [0.29, 0.717) is 25.9 Å². The Hall–Kier alpha value is -1.66. The molecule has 0 aliphatic rings. The topological polar surface area (TPSA) is 95.9 Å². The van der Waals surface area contributed by atoms with Gasteiger partial charge in [-0.1, -0.05) is 398 Å². The van der Waals surface area contributed by atoms with E-state index >= 15 is 0 Å². The number of carbonyl (C=O) groups is 2. The molecule has 0 aromatic carbocycles. The van der Waals surface area contributed by atoms with Crippen LogP contribution in [0, 0.1) is 0 Å². The van der Waals surface area contributed by atoms with Crippen molar-refractivity contribution in [2.75, 3.05) is 13.2 Å². The number of allylic oxidation sites excluding steroid dienone is 4. The van der Waals surface area contributed by atoms with E-state index in [1.807, 2.05) is 0 Å². The molecule has 0 aliphatic heterocycles. The molecule has 6 heteroatoms. The number of aliphatic hydroxyl groups is 2. The maximum atomic E-state index is 12.6. The van der Waals surface area contributed by atoms with Crippen LogP contribution in [0.5, 0.6) is 0 Å². The molecule has 2 unspecified atom stereocenters. The molecule has 0 radical (unpaired) electrons. The SMILES string of the molecule is CCCCC/C=C\C/C=C\CCCCCCCC(=O)OCCCCCCCCCCCCCCCCCCCCCCCCCCCCCCCCC(=O)NC(CO)C(O)CCCCCCCCCCCCCCCCCCCCCCCCC. The van der Waals surface area contributed by atoms with Gasteiger partial charge in [-0.25, -0.2) is 0 Å². The van der Waals surface area contributed by atoms with Gasteiger partial charge in [0.15, 0.2) is 0 Å². The monoisotopic (exact) mass is 1200 g/mol. The second kappa shape index (κ2) is 74.8. The van der Waals surface area contributed by atoms with Crippen LogP contribution in [-0.4, -0.2) is 47.4 Å². The van der Waals surface area contributed by atoms with Gasteiger partial charge < -0.3 is 20.3 Å². The molecule has 1 amide bonds. The first kappa shape index (κ1) is 83.3. The van der Waals surface area contributed by atoms with Crippen LogP contribution >= 0.6 is 0 Å². The predicted molar refractivity (Wildman–Crippen MR) is 375 cm³/mol. The molecule has 6 nitrogen and oxygen atoms in total. The van der Waals surface area contributed by atoms with Crippen LogP contribution in [0.2, 0.25) is 0 Å². The van der Waals surface area contributed by atoms with E-state index in [1.165, 1.54) is 360 Å². The summed E-state index contributed by atoms with van der Waals surface area (Å²) in [5.41, 5.74) is 0. The van der Waals surface area contributed by atoms with Gasteiger partial charge in [-0.15, -0.1) is 0 Å². The van der Waals surface area contributed by atoms with Gasteiger partial charge in [0.25, 0.3) is 0 Å². The van der Waals surface area contributed by atoms with Gasteiger partial charge in [-0.2, -0.15) is 0 Å². The summed E-state index contributed by atoms with van der Waals surface area (Å²) < 4.78 is 5.49. The van der Waals surface area contributed by atoms with Gasteiger partial charge >= 0.3 is 5.97 Å². The van der Waals surface area contributed by atoms with Gasteiger partial charge in [-0.3, -0.25) is 9.59 Å². The molecule has 0 saturated heterocycles. The van der Waals surface area contributed by atoms with E-state index in [-0.39, 0.29) is 18.5 Å². The Labute approximate surface area is 532 Å². The van der Waals surface area contributed by atoms with E-state index in [9.17, 15) is 19.8 Å². The zero-order chi connectivity index (χ0) is 61.3. The molecule has 0 heterocycles. The van der Waals surface area contributed by atoms with Gasteiger partial charge in [0.2, 0.25) is 5.91 Å². The number of carbonyl (C=O) groups excluding carboxylic acids is 2. The summed E-state index contributed by atoms with van der Waals surface area (Å²) in [7, 11) is 0. The minimum absolute atomic E-state index is 0.00704. The second-order valence-corrected chi connectivity index (χ2v) is 27.0. The number of unbranched alkanes of at least 4 members (excludes halogenated alkanes) is 59. The van der Waals surface area contributed by atoms with Crippen molar-refractivity contribution in [2.45, 2.75) is 456 Å². The highest BCUT2D eigenvalue weighted by Crippen LogP contribution is 2.20. The summed E-state index contributed by atoms with van der Waals surface area (Å²) in [5.74, 6) is -0.0185. The number of hydrogen-bond donors (Lipinski definition) is 3. The van der Waals surface area contributed by atoms with Crippen molar-refractivity contribution in [1.29, 1.82) is 0 Å². The highest BCUT2D eigenvalue weighted by Gasteiger charge is 2.20. The first-order valence-corrected chi connectivity index (χ1v) is 39.1. The molecule has 0 aliphatic carbocycles. The molecule has 85 heavy (non-hydrogen) atoms. The molecule has 0 aromatic heterocycles. The molecule has 0 rings (SSSR count). The van der Waals surface area contributed by atoms with Crippen LogP contribution in [0.1, 0.15) is 444 Å². The molecule has 0 aromatic rings. The molecule has 0 bridgehead atoms. The first-order chi connectivity index (χ1) is 42.0. The van der Waals surface area contributed by atoms with E-state index in [4.69, 9.17) is 4.74 Å². The third kappa shape index (κ3) is 71.3. The fraction of sp³-hybridized carbons (Fsp3) is 0.924. The van der Waals surface area contributed by atoms with Gasteiger partial charge in [0.1, 0.15) is 0 Å². The quantitative estimate of drug-likeness (QED) is 0.0320. The van der Waals surface area contributed by atoms with E-state index in [1.54, 1.807) is 0 Å². The first-order valence-electron chi connectivity index (χ1n) is 39.1. The lowest BCUT2D eigenvalue weighted by Gasteiger charge is -2.22. The lowest BCUT2D eigenvalue weighted by molar-refractivity contribution is -0.143. The number of esters is 1. The van der Waals surface area contributed by atoms with Crippen molar-refractivity contribution in [1.82, 2.24) is 5.32 Å². The molecule has 2 atom stereocenters. The zero-order valence-corrected chi connectivity index (χ0v) is 57.9. The van der Waals surface area contributed by atoms with Crippen LogP contribution in [0.25, 0.3) is 0 Å². The van der Waals surface area contributed by atoms with Crippen LogP contribution in [0.4, 0.5) is 0 Å². The van der Waals surface area contributed by atoms with E-state index in [2.05, 4.69) is 43.5 Å². The van der Waals surface area contributed by atoms with Gasteiger partial charge in [0, 0.05) is 12.8 Å². The average molecular weight is 1200 g/mol. The molecule has 3 N–H and O–H groups in total. The van der Waals surface area contributed by atoms with Crippen molar-refractivity contribution in [3.8, 4) is 0 Å². The van der Waals surface area contributed by atoms with Crippen molar-refractivity contribution in [2.24, 2.45) is 0 Å². The Morgan fingerprint density at radius 3 is 0.918 bits per heavy atom. The van der Waals surface area contributed by atoms with Crippen molar-refractivity contribution < 1.29 is 24.5 Å². The number of hydrogen-bond acceptors (Lipinski definition) is 5. The lowest BCUT2D eigenvalue weighted by atomic mass is 10.0. The van der Waals surface area contributed by atoms with Crippen LogP contribution < -0.4 is 5.32 Å². The molecule has 504 valence electrons. The molecular formula is C79H153NO5. The number of nitrogens with one attached hydrogen (secondary N) is 1. The Morgan fingerprint density at radius 1 is 0.329 bits per heavy atom. The standard InChI is InChI=1S/C79H153NO5/c1-3-5-7-9-11-13-15-17-19-20-21-22-31-34-37-40-44-47-51-55-59-63-67-71-77(82)76(75-81)80-78(83)72-68-64-60-56-52-48-45-41-38-35-32-29-27-25-23-24-26-28-30-33-36-39-42-46-50-54-58-62-66-70-74-85-79(84)73-69-65-61-57-53-49-43-18-16-14-12-10-8-6-4-2/h12,14,18,43,76-77,81-82H,3-11,13,15-17,19-42,44-75H2,1-2H3,(H,80,83)/b14-12-,43-18-. The van der Waals surface area contributed by atoms with Crippen molar-refractivity contribution in [3.05, 3.63) is 24.3 Å². The van der Waals surface area contributed by atoms with E-state index < -0.39 is 12.1 Å². The minimum Gasteiger partial charge on any atom is -0.466 e. The fourth-order valence-corrected chi connectivity index (χ4v) is 12.6. The van der Waals surface area contributed by atoms with Crippen molar-refractivity contribution in [3.63, 3.8) is 0 Å². The number of ether oxygens (including phenoxy) is 1. The maximum Gasteiger partial charge on any atom is 0.305 e. The van der Waals surface area contributed by atoms with Gasteiger partial charge in [-0.05, 0) is 57.8 Å². The maximum absolute atomic E-state index is 12.6. The van der Waals surface area contributed by atoms with Crippen molar-refractivity contribution >= 4 is 11.9 Å². The summed E-state index contributed by atoms with van der Waals surface area (Å²) >= 11 is 0. The largest absolute Gasteiger partial charge is 0.466 e. The Morgan fingerprint density at radius 2 is 0.588 bits per heavy atom. The summed E-state index contributed by atoms with van der Waals surface area (Å²) in [6.07, 6.45) is 95.5. The summed E-state index contributed by atoms with van der Waals surface area (Å²) in [6.45, 7) is 4.97. The predicted octanol–water partition coefficient (Wildman–Crippen LogP) is 25.7. The minimum atomic E-state index is -0.663. The van der Waals surface area contributed by atoms with E-state index in [0.717, 1.165) is 51.4 Å². The number of rotatable bonds is 74. The zero-order valence-electron chi connectivity index (χ0n) is 57.9. The van der Waals surface area contributed by atoms with Crippen LogP contribution in [-0.2, 0) is 14.3 Å². The smallest absolute Gasteiger partial charge is 0.305 e. The lowest BCUT2D eigenvalue weighted by Crippen LogP contribution is -2.45. The molecule has 0 fully saturated rings. The summed E-state index contributed by atoms with van der Waals surface area (Å²) in [6, 6.07) is -0.540. The summed E-state index contributed by atoms with van der Waals surface area (Å²) in [4.78, 5) is 24.6. The highest BCUT2D eigenvalue weighted by atomic mass is 16.5.